The highest BCUT2D eigenvalue weighted by Crippen LogP contribution is 2.33. The molecule has 0 bridgehead atoms. The van der Waals surface area contributed by atoms with Crippen molar-refractivity contribution in [3.8, 4) is 37.0 Å². The van der Waals surface area contributed by atoms with Gasteiger partial charge in [-0.25, -0.2) is 15.0 Å². The van der Waals surface area contributed by atoms with Gasteiger partial charge >= 0.3 is 0 Å². The van der Waals surface area contributed by atoms with Crippen LogP contribution in [0, 0.1) is 37.0 Å². The highest BCUT2D eigenvalue weighted by atomic mass is 16.2. The fourth-order valence-corrected chi connectivity index (χ4v) is 12.5. The van der Waals surface area contributed by atoms with Crippen LogP contribution in [0.5, 0.6) is 0 Å². The normalized spacial score (nSPS) is 13.8. The van der Waals surface area contributed by atoms with Crippen molar-refractivity contribution in [1.82, 2.24) is 59.4 Å². The molecular formula is C81H92N18O6. The Morgan fingerprint density at radius 3 is 1.15 bits per heavy atom. The van der Waals surface area contributed by atoms with Gasteiger partial charge in [0.1, 0.15) is 34.7 Å². The van der Waals surface area contributed by atoms with Crippen LogP contribution in [-0.2, 0) is 14.1 Å². The van der Waals surface area contributed by atoms with Crippen molar-refractivity contribution in [2.45, 2.75) is 123 Å². The number of anilines is 6. The molecule has 6 amide bonds. The number of benzene rings is 3. The average molecular weight is 1410 g/mol. The Bertz CT molecular complexity index is 4570. The lowest BCUT2D eigenvalue weighted by molar-refractivity contribution is 0.0695. The molecule has 0 atom stereocenters. The van der Waals surface area contributed by atoms with Crippen LogP contribution in [-0.4, -0.2) is 152 Å². The molecule has 3 aliphatic heterocycles. The third-order valence-electron chi connectivity index (χ3n) is 18.1. The van der Waals surface area contributed by atoms with E-state index in [1.807, 2.05) is 92.6 Å². The number of H-pyrrole nitrogens is 1. The van der Waals surface area contributed by atoms with Gasteiger partial charge in [0.05, 0.1) is 16.7 Å². The van der Waals surface area contributed by atoms with Gasteiger partial charge in [-0.1, -0.05) is 61.6 Å². The van der Waals surface area contributed by atoms with E-state index in [2.05, 4.69) is 121 Å². The Morgan fingerprint density at radius 2 is 0.790 bits per heavy atom. The fraction of sp³-hybridized carbons (Fsp3) is 0.333. The molecule has 9 aromatic rings. The monoisotopic (exact) mass is 1410 g/mol. The number of hydrogen-bond donors (Lipinski definition) is 7. The van der Waals surface area contributed by atoms with Crippen molar-refractivity contribution in [2.75, 3.05) is 71.2 Å². The Balaban J connectivity index is 0.000000182. The number of aromatic amines is 1. The van der Waals surface area contributed by atoms with Gasteiger partial charge in [-0.05, 0) is 187 Å². The summed E-state index contributed by atoms with van der Waals surface area (Å²) in [6.45, 7) is 16.0. The van der Waals surface area contributed by atoms with Crippen LogP contribution in [0.3, 0.4) is 0 Å². The summed E-state index contributed by atoms with van der Waals surface area (Å²) in [6, 6.07) is 40.2. The van der Waals surface area contributed by atoms with E-state index in [1.165, 1.54) is 44.6 Å². The first-order valence-corrected chi connectivity index (χ1v) is 34.9. The average Bonchev–Trinajstić information content (AvgIpc) is 1.73. The van der Waals surface area contributed by atoms with Gasteiger partial charge in [-0.3, -0.25) is 43.2 Å². The molecule has 9 heterocycles. The van der Waals surface area contributed by atoms with Gasteiger partial charge in [-0.15, -0.1) is 19.3 Å². The number of terminal acetylenes is 3. The van der Waals surface area contributed by atoms with E-state index in [0.29, 0.717) is 126 Å². The van der Waals surface area contributed by atoms with E-state index in [9.17, 15) is 28.8 Å². The summed E-state index contributed by atoms with van der Waals surface area (Å²) in [4.78, 5) is 95.2. The molecule has 3 aliphatic rings. The molecule has 0 spiro atoms. The molecule has 0 radical (unpaired) electrons. The molecule has 0 unspecified atom stereocenters. The lowest BCUT2D eigenvalue weighted by atomic mass is 9.89. The third kappa shape index (κ3) is 20.7. The van der Waals surface area contributed by atoms with E-state index in [4.69, 9.17) is 19.3 Å². The zero-order chi connectivity index (χ0) is 74.0. The van der Waals surface area contributed by atoms with Crippen LogP contribution in [0.15, 0.2) is 146 Å². The van der Waals surface area contributed by atoms with E-state index in [0.717, 1.165) is 55.2 Å². The highest BCUT2D eigenvalue weighted by molar-refractivity contribution is 6.06. The zero-order valence-corrected chi connectivity index (χ0v) is 59.9. The number of carbonyl (C=O) groups excluding carboxylic acids is 6. The van der Waals surface area contributed by atoms with Crippen molar-refractivity contribution < 1.29 is 28.8 Å². The molecule has 24 nitrogen and oxygen atoms in total. The molecule has 7 N–H and O–H groups in total. The van der Waals surface area contributed by atoms with Gasteiger partial charge < -0.3 is 46.6 Å². The molecular weight excluding hydrogens is 1320 g/mol. The quantitative estimate of drug-likeness (QED) is 0.0393. The second-order valence-electron chi connectivity index (χ2n) is 26.8. The molecule has 6 aromatic heterocycles. The summed E-state index contributed by atoms with van der Waals surface area (Å²) in [5.41, 5.74) is 8.71. The van der Waals surface area contributed by atoms with Crippen LogP contribution in [0.2, 0.25) is 0 Å². The number of amides is 6. The van der Waals surface area contributed by atoms with Crippen molar-refractivity contribution in [3.05, 3.63) is 213 Å². The summed E-state index contributed by atoms with van der Waals surface area (Å²) in [5, 5.41) is 33.3. The van der Waals surface area contributed by atoms with Crippen molar-refractivity contribution in [1.29, 1.82) is 0 Å². The maximum atomic E-state index is 13.2. The molecule has 0 aliphatic carbocycles. The topological polar surface area (TPSA) is 287 Å². The molecule has 3 aromatic carbocycles. The Labute approximate surface area is 614 Å². The number of aromatic nitrogens is 9. The summed E-state index contributed by atoms with van der Waals surface area (Å²) in [6.07, 6.45) is 26.2. The number of hydrogen-bond acceptors (Lipinski definition) is 15. The first kappa shape index (κ1) is 76.8. The predicted octanol–water partition coefficient (Wildman–Crippen LogP) is 12.3. The minimum absolute atomic E-state index is 0. The summed E-state index contributed by atoms with van der Waals surface area (Å²) < 4.78 is 3.02. The Morgan fingerprint density at radius 1 is 0.429 bits per heavy atom. The minimum atomic E-state index is -0.342. The zero-order valence-electron chi connectivity index (χ0n) is 59.9. The summed E-state index contributed by atoms with van der Waals surface area (Å²) in [7, 11) is 3.41. The first-order valence-electron chi connectivity index (χ1n) is 34.9. The van der Waals surface area contributed by atoms with E-state index < -0.39 is 0 Å². The fourth-order valence-electron chi connectivity index (χ4n) is 12.5. The summed E-state index contributed by atoms with van der Waals surface area (Å²) in [5.74, 6) is 11.0. The van der Waals surface area contributed by atoms with Gasteiger partial charge in [-0.2, -0.15) is 15.3 Å². The number of nitrogens with zero attached hydrogens (tertiary/aromatic N) is 11. The molecule has 24 heteroatoms. The maximum Gasteiger partial charge on any atom is 0.274 e. The number of likely N-dealkylation sites (tertiary alicyclic amines) is 3. The summed E-state index contributed by atoms with van der Waals surface area (Å²) >= 11 is 0. The van der Waals surface area contributed by atoms with Crippen molar-refractivity contribution in [2.24, 2.45) is 14.1 Å². The van der Waals surface area contributed by atoms with E-state index >= 15 is 0 Å². The van der Waals surface area contributed by atoms with Gasteiger partial charge in [0.25, 0.3) is 35.4 Å². The number of nitrogens with one attached hydrogen (secondary N) is 7. The molecule has 3 saturated heterocycles. The number of pyridine rings is 3. The SMILES string of the molecule is C.C#Cc1ccc(C2CCN(C(=O)c3cc(NC(=O)c4ccc(NC(C)C)nc4)n(C)n3)CC2)cc1.C#Cc1ccc(C2CCN(C(=O)c3cc(NC(=O)c4ccc(NC(C)C)nc4)n[nH]3)CC2)cc1.C#Cc1ccc(C2CCN(C(=O)c3cc(NC(=O)c4ccc(NC(C)C)nc4)nn3C)CC2)cc1. The second kappa shape index (κ2) is 36.0. The largest absolute Gasteiger partial charge is 0.368 e. The third-order valence-corrected chi connectivity index (χ3v) is 18.1. The van der Waals surface area contributed by atoms with Gasteiger partial charge in [0.15, 0.2) is 17.3 Å². The Kier molecular flexibility index (Phi) is 26.3. The first-order chi connectivity index (χ1) is 50.1. The minimum Gasteiger partial charge on any atom is -0.368 e. The highest BCUT2D eigenvalue weighted by Gasteiger charge is 2.30. The predicted molar refractivity (Wildman–Crippen MR) is 411 cm³/mol. The van der Waals surface area contributed by atoms with Crippen LogP contribution in [0.4, 0.5) is 34.9 Å². The lowest BCUT2D eigenvalue weighted by Crippen LogP contribution is -2.38. The number of aryl methyl sites for hydroxylation is 2. The Hall–Kier alpha value is -12.4. The molecule has 105 heavy (non-hydrogen) atoms. The van der Waals surface area contributed by atoms with Crippen molar-refractivity contribution in [3.63, 3.8) is 0 Å². The van der Waals surface area contributed by atoms with Crippen LogP contribution in [0.25, 0.3) is 0 Å². The second-order valence-corrected chi connectivity index (χ2v) is 26.8. The van der Waals surface area contributed by atoms with Crippen LogP contribution in [0.1, 0.15) is 201 Å². The smallest absolute Gasteiger partial charge is 0.274 e. The molecule has 0 saturated carbocycles. The van der Waals surface area contributed by atoms with E-state index in [1.54, 1.807) is 68.7 Å². The molecule has 542 valence electrons. The van der Waals surface area contributed by atoms with Crippen LogP contribution >= 0.6 is 0 Å². The van der Waals surface area contributed by atoms with Gasteiger partial charge in [0, 0.05) is 125 Å². The molecule has 3 fully saturated rings. The number of carbonyl (C=O) groups is 6. The van der Waals surface area contributed by atoms with E-state index in [-0.39, 0.29) is 61.0 Å². The standard InChI is InChI=1S/2C27H30N6O2.C26H28N6O2.CH4/c1-5-19-6-8-20(9-7-19)21-12-14-33(15-13-21)27(35)23-16-25(31-32(23)4)30-26(34)22-10-11-24(28-17-22)29-18(2)3;1-5-19-6-8-20(9-7-19)21-12-14-33(15-13-21)27(35)23-16-25(32(4)31-23)30-26(34)22-10-11-24(28-17-22)29-18(2)3;1-4-18-5-7-19(8-6-18)20-11-13-32(14-12-20)26(34)22-15-24(31-30-22)29-25(33)21-9-10-23(27-16-21)28-17(2)3;/h1,6-11,16-18,21H,12-15H2,2-4H3,(H,28,29)(H,30,31,34);1,6-11,16-18,21H,12-15H2,2-4H3,(H,28,29)(H,30,34);1,5-10,15-17,20H,11-14H2,2-3H3,(H,27,28)(H2,29,30,31,33);1H4. The maximum absolute atomic E-state index is 13.2. The van der Waals surface area contributed by atoms with Crippen molar-refractivity contribution >= 4 is 70.4 Å². The lowest BCUT2D eigenvalue weighted by Gasteiger charge is -2.32. The van der Waals surface area contributed by atoms with Crippen LogP contribution < -0.4 is 31.9 Å². The molecule has 12 rings (SSSR count). The number of rotatable bonds is 18. The van der Waals surface area contributed by atoms with Gasteiger partial charge in [0.2, 0.25) is 0 Å². The number of piperidine rings is 3.